The summed E-state index contributed by atoms with van der Waals surface area (Å²) in [5.74, 6) is -0.235. The van der Waals surface area contributed by atoms with Crippen LogP contribution in [-0.4, -0.2) is 27.3 Å². The summed E-state index contributed by atoms with van der Waals surface area (Å²) in [6, 6.07) is 7.58. The van der Waals surface area contributed by atoms with Crippen LogP contribution in [0.15, 0.2) is 36.7 Å². The van der Waals surface area contributed by atoms with Crippen molar-refractivity contribution in [1.82, 2.24) is 15.1 Å². The molecule has 1 atom stereocenters. The second-order valence-corrected chi connectivity index (χ2v) is 4.49. The summed E-state index contributed by atoms with van der Waals surface area (Å²) in [6.45, 7) is 2.11. The van der Waals surface area contributed by atoms with E-state index in [9.17, 15) is 9.90 Å². The first-order chi connectivity index (χ1) is 9.08. The highest BCUT2D eigenvalue weighted by Crippen LogP contribution is 2.16. The van der Waals surface area contributed by atoms with Crippen LogP contribution in [0.25, 0.3) is 0 Å². The molecule has 1 heterocycles. The van der Waals surface area contributed by atoms with Gasteiger partial charge in [-0.1, -0.05) is 24.3 Å². The first-order valence-electron chi connectivity index (χ1n) is 6.08. The fourth-order valence-electron chi connectivity index (χ4n) is 1.90. The van der Waals surface area contributed by atoms with Crippen molar-refractivity contribution < 1.29 is 9.90 Å². The normalized spacial score (nSPS) is 12.2. The Labute approximate surface area is 111 Å². The number of nitrogens with zero attached hydrogens (tertiary/aromatic N) is 2. The lowest BCUT2D eigenvalue weighted by molar-refractivity contribution is 0.0916. The van der Waals surface area contributed by atoms with Crippen LogP contribution in [0.5, 0.6) is 0 Å². The van der Waals surface area contributed by atoms with E-state index in [0.717, 1.165) is 11.1 Å². The van der Waals surface area contributed by atoms with Gasteiger partial charge in [-0.2, -0.15) is 5.10 Å². The number of amides is 1. The summed E-state index contributed by atoms with van der Waals surface area (Å²) in [6.07, 6.45) is 2.42. The number of hydrogen-bond donors (Lipinski definition) is 2. The second-order valence-electron chi connectivity index (χ2n) is 4.49. The molecule has 0 aliphatic heterocycles. The Bertz CT molecular complexity index is 578. The molecule has 2 aromatic rings. The van der Waals surface area contributed by atoms with Gasteiger partial charge in [0.1, 0.15) is 0 Å². The van der Waals surface area contributed by atoms with Crippen LogP contribution in [0.2, 0.25) is 0 Å². The lowest BCUT2D eigenvalue weighted by atomic mass is 10.0. The average molecular weight is 259 g/mol. The van der Waals surface area contributed by atoms with Gasteiger partial charge < -0.3 is 10.4 Å². The van der Waals surface area contributed by atoms with Gasteiger partial charge in [-0.25, -0.2) is 0 Å². The molecule has 5 nitrogen and oxygen atoms in total. The van der Waals surface area contributed by atoms with Crippen molar-refractivity contribution in [3.63, 3.8) is 0 Å². The topological polar surface area (TPSA) is 67.2 Å². The smallest absolute Gasteiger partial charge is 0.254 e. The van der Waals surface area contributed by atoms with E-state index in [2.05, 4.69) is 10.4 Å². The van der Waals surface area contributed by atoms with Crippen LogP contribution in [0.1, 0.15) is 27.6 Å². The van der Waals surface area contributed by atoms with E-state index in [-0.39, 0.29) is 12.5 Å². The van der Waals surface area contributed by atoms with Gasteiger partial charge >= 0.3 is 0 Å². The molecule has 0 saturated heterocycles. The van der Waals surface area contributed by atoms with Crippen LogP contribution in [0, 0.1) is 6.92 Å². The number of aliphatic hydroxyl groups excluding tert-OH is 1. The zero-order chi connectivity index (χ0) is 13.8. The molecule has 1 aromatic carbocycles. The van der Waals surface area contributed by atoms with Crippen LogP contribution in [0.4, 0.5) is 0 Å². The van der Waals surface area contributed by atoms with E-state index in [1.54, 1.807) is 17.9 Å². The zero-order valence-electron chi connectivity index (χ0n) is 11.0. The quantitative estimate of drug-likeness (QED) is 0.866. The third kappa shape index (κ3) is 3.20. The largest absolute Gasteiger partial charge is 0.387 e. The van der Waals surface area contributed by atoms with Gasteiger partial charge in [0.05, 0.1) is 17.9 Å². The number of rotatable bonds is 4. The molecule has 100 valence electrons. The van der Waals surface area contributed by atoms with Gasteiger partial charge in [0, 0.05) is 19.8 Å². The standard InChI is InChI=1S/C14H17N3O2/c1-10-5-3-4-6-12(10)13(18)8-15-14(19)11-7-16-17(2)9-11/h3-7,9,13,18H,8H2,1-2H3,(H,15,19). The highest BCUT2D eigenvalue weighted by atomic mass is 16.3. The van der Waals surface area contributed by atoms with Gasteiger partial charge in [0.25, 0.3) is 5.91 Å². The summed E-state index contributed by atoms with van der Waals surface area (Å²) < 4.78 is 1.56. The monoisotopic (exact) mass is 259 g/mol. The minimum atomic E-state index is -0.707. The van der Waals surface area contributed by atoms with Gasteiger partial charge in [-0.05, 0) is 18.1 Å². The molecule has 2 rings (SSSR count). The molecular formula is C14H17N3O2. The van der Waals surface area contributed by atoms with Crippen LogP contribution >= 0.6 is 0 Å². The maximum atomic E-state index is 11.8. The van der Waals surface area contributed by atoms with Gasteiger partial charge in [0.2, 0.25) is 0 Å². The molecule has 1 amide bonds. The number of carbonyl (C=O) groups is 1. The van der Waals surface area contributed by atoms with Crippen LogP contribution in [-0.2, 0) is 7.05 Å². The summed E-state index contributed by atoms with van der Waals surface area (Å²) in [7, 11) is 1.75. The highest BCUT2D eigenvalue weighted by molar-refractivity contribution is 5.93. The van der Waals surface area contributed by atoms with Gasteiger partial charge in [-0.3, -0.25) is 9.48 Å². The molecule has 0 aliphatic rings. The van der Waals surface area contributed by atoms with Crippen molar-refractivity contribution in [3.05, 3.63) is 53.3 Å². The molecule has 1 unspecified atom stereocenters. The molecule has 0 bridgehead atoms. The fourth-order valence-corrected chi connectivity index (χ4v) is 1.90. The molecule has 0 saturated carbocycles. The molecule has 0 aliphatic carbocycles. The predicted molar refractivity (Wildman–Crippen MR) is 71.7 cm³/mol. The number of aryl methyl sites for hydroxylation is 2. The molecular weight excluding hydrogens is 242 g/mol. The second kappa shape index (κ2) is 5.67. The molecule has 0 radical (unpaired) electrons. The van der Waals surface area contributed by atoms with Crippen LogP contribution in [0.3, 0.4) is 0 Å². The van der Waals surface area contributed by atoms with E-state index in [4.69, 9.17) is 0 Å². The number of hydrogen-bond acceptors (Lipinski definition) is 3. The van der Waals surface area contributed by atoms with Crippen molar-refractivity contribution in [2.24, 2.45) is 7.05 Å². The summed E-state index contributed by atoms with van der Waals surface area (Å²) in [4.78, 5) is 11.8. The number of aromatic nitrogens is 2. The number of benzene rings is 1. The minimum Gasteiger partial charge on any atom is -0.387 e. The Morgan fingerprint density at radius 2 is 2.21 bits per heavy atom. The van der Waals surface area contributed by atoms with E-state index >= 15 is 0 Å². The van der Waals surface area contributed by atoms with E-state index in [0.29, 0.717) is 5.56 Å². The maximum absolute atomic E-state index is 11.8. The van der Waals surface area contributed by atoms with Crippen molar-refractivity contribution in [1.29, 1.82) is 0 Å². The first-order valence-corrected chi connectivity index (χ1v) is 6.08. The maximum Gasteiger partial charge on any atom is 0.254 e. The molecule has 0 spiro atoms. The third-order valence-corrected chi connectivity index (χ3v) is 2.97. The van der Waals surface area contributed by atoms with Crippen molar-refractivity contribution >= 4 is 5.91 Å². The van der Waals surface area contributed by atoms with Crippen molar-refractivity contribution in [2.75, 3.05) is 6.54 Å². The highest BCUT2D eigenvalue weighted by Gasteiger charge is 2.13. The lowest BCUT2D eigenvalue weighted by Gasteiger charge is -2.14. The summed E-state index contributed by atoms with van der Waals surface area (Å²) in [5.41, 5.74) is 2.32. The van der Waals surface area contributed by atoms with Crippen molar-refractivity contribution in [3.8, 4) is 0 Å². The predicted octanol–water partition coefficient (Wildman–Crippen LogP) is 1.19. The number of carbonyl (C=O) groups excluding carboxylic acids is 1. The summed E-state index contributed by atoms with van der Waals surface area (Å²) >= 11 is 0. The number of nitrogens with one attached hydrogen (secondary N) is 1. The molecule has 19 heavy (non-hydrogen) atoms. The fraction of sp³-hybridized carbons (Fsp3) is 0.286. The Balaban J connectivity index is 1.96. The first kappa shape index (κ1) is 13.3. The Morgan fingerprint density at radius 3 is 2.84 bits per heavy atom. The van der Waals surface area contributed by atoms with E-state index in [1.165, 1.54) is 6.20 Å². The zero-order valence-corrected chi connectivity index (χ0v) is 11.0. The molecule has 0 fully saturated rings. The van der Waals surface area contributed by atoms with Crippen molar-refractivity contribution in [2.45, 2.75) is 13.0 Å². The van der Waals surface area contributed by atoms with Crippen LogP contribution < -0.4 is 5.32 Å². The van der Waals surface area contributed by atoms with Gasteiger partial charge in [-0.15, -0.1) is 0 Å². The number of aliphatic hydroxyl groups is 1. The Hall–Kier alpha value is -2.14. The van der Waals surface area contributed by atoms with E-state index in [1.807, 2.05) is 31.2 Å². The minimum absolute atomic E-state index is 0.179. The molecule has 2 N–H and O–H groups in total. The average Bonchev–Trinajstić information content (AvgIpc) is 2.83. The SMILES string of the molecule is Cc1ccccc1C(O)CNC(=O)c1cnn(C)c1. The Kier molecular flexibility index (Phi) is 3.97. The molecule has 1 aromatic heterocycles. The Morgan fingerprint density at radius 1 is 1.47 bits per heavy atom. The summed E-state index contributed by atoms with van der Waals surface area (Å²) in [5, 5.41) is 16.7. The van der Waals surface area contributed by atoms with Gasteiger partial charge in [0.15, 0.2) is 0 Å². The third-order valence-electron chi connectivity index (χ3n) is 2.97. The molecule has 5 heteroatoms. The van der Waals surface area contributed by atoms with E-state index < -0.39 is 6.10 Å². The lowest BCUT2D eigenvalue weighted by Crippen LogP contribution is -2.28.